The number of carbonyl (C=O) groups excluding carboxylic acids is 1. The second-order valence-corrected chi connectivity index (χ2v) is 6.42. The summed E-state index contributed by atoms with van der Waals surface area (Å²) >= 11 is 3.20. The zero-order chi connectivity index (χ0) is 13.9. The predicted octanol–water partition coefficient (Wildman–Crippen LogP) is 4.44. The van der Waals surface area contributed by atoms with Gasteiger partial charge < -0.3 is 5.32 Å². The summed E-state index contributed by atoms with van der Waals surface area (Å²) in [5.41, 5.74) is 3.36. The first-order chi connectivity index (χ1) is 8.27. The van der Waals surface area contributed by atoms with E-state index >= 15 is 0 Å². The lowest BCUT2D eigenvalue weighted by molar-refractivity contribution is -0.113. The fourth-order valence-corrected chi connectivity index (χ4v) is 2.13. The number of hydrogen-bond acceptors (Lipinski definition) is 1. The van der Waals surface area contributed by atoms with Gasteiger partial charge in [0.05, 0.1) is 5.33 Å². The van der Waals surface area contributed by atoms with Crippen LogP contribution in [0.15, 0.2) is 18.2 Å². The van der Waals surface area contributed by atoms with Gasteiger partial charge in [0.25, 0.3) is 0 Å². The molecule has 100 valence electrons. The van der Waals surface area contributed by atoms with Crippen molar-refractivity contribution in [2.24, 2.45) is 0 Å². The van der Waals surface area contributed by atoms with Gasteiger partial charge in [-0.3, -0.25) is 4.79 Å². The Hall–Kier alpha value is -0.830. The van der Waals surface area contributed by atoms with Crippen LogP contribution in [-0.4, -0.2) is 11.2 Å². The third kappa shape index (κ3) is 3.58. The number of hydrogen-bond donors (Lipinski definition) is 1. The van der Waals surface area contributed by atoms with Gasteiger partial charge in [-0.1, -0.05) is 68.7 Å². The summed E-state index contributed by atoms with van der Waals surface area (Å²) in [4.78, 5) is 11.7. The molecule has 1 N–H and O–H groups in total. The van der Waals surface area contributed by atoms with Crippen molar-refractivity contribution in [3.63, 3.8) is 0 Å². The molecule has 0 aromatic heterocycles. The molecule has 2 nitrogen and oxygen atoms in total. The topological polar surface area (TPSA) is 29.1 Å². The molecule has 0 aliphatic rings. The van der Waals surface area contributed by atoms with Crippen molar-refractivity contribution >= 4 is 27.5 Å². The van der Waals surface area contributed by atoms with Crippen molar-refractivity contribution in [1.29, 1.82) is 0 Å². The Morgan fingerprint density at radius 3 is 2.39 bits per heavy atom. The zero-order valence-corrected chi connectivity index (χ0v) is 13.4. The van der Waals surface area contributed by atoms with Crippen LogP contribution in [0.4, 0.5) is 5.69 Å². The molecule has 18 heavy (non-hydrogen) atoms. The van der Waals surface area contributed by atoms with Crippen LogP contribution in [-0.2, 0) is 10.2 Å². The van der Waals surface area contributed by atoms with Gasteiger partial charge in [0.1, 0.15) is 0 Å². The Morgan fingerprint density at radius 1 is 1.33 bits per heavy atom. The Kier molecular flexibility index (Phi) is 4.97. The molecule has 0 heterocycles. The lowest BCUT2D eigenvalue weighted by Gasteiger charge is -2.26. The first-order valence-electron chi connectivity index (χ1n) is 6.26. The SMILES string of the molecule is CC(C)c1cccc(C(C)(C)C)c1NC(=O)CBr. The van der Waals surface area contributed by atoms with E-state index in [-0.39, 0.29) is 11.3 Å². The minimum absolute atomic E-state index is 0.00593. The van der Waals surface area contributed by atoms with Gasteiger partial charge in [-0.05, 0) is 22.5 Å². The Labute approximate surface area is 118 Å². The monoisotopic (exact) mass is 311 g/mol. The van der Waals surface area contributed by atoms with E-state index in [4.69, 9.17) is 0 Å². The quantitative estimate of drug-likeness (QED) is 0.821. The molecule has 1 aromatic carbocycles. The van der Waals surface area contributed by atoms with Crippen LogP contribution in [0, 0.1) is 0 Å². The number of halogens is 1. The third-order valence-corrected chi connectivity index (χ3v) is 3.42. The third-order valence-electron chi connectivity index (χ3n) is 2.91. The van der Waals surface area contributed by atoms with E-state index in [1.54, 1.807) is 0 Å². The maximum atomic E-state index is 11.7. The van der Waals surface area contributed by atoms with Crippen LogP contribution in [0.5, 0.6) is 0 Å². The largest absolute Gasteiger partial charge is 0.325 e. The van der Waals surface area contributed by atoms with E-state index in [0.29, 0.717) is 11.2 Å². The Morgan fingerprint density at radius 2 is 1.94 bits per heavy atom. The molecule has 0 bridgehead atoms. The van der Waals surface area contributed by atoms with E-state index < -0.39 is 0 Å². The highest BCUT2D eigenvalue weighted by atomic mass is 79.9. The molecule has 0 atom stereocenters. The highest BCUT2D eigenvalue weighted by Crippen LogP contribution is 2.35. The minimum atomic E-state index is -0.00593. The first kappa shape index (κ1) is 15.2. The van der Waals surface area contributed by atoms with Crippen LogP contribution >= 0.6 is 15.9 Å². The molecule has 1 amide bonds. The average Bonchev–Trinajstić information content (AvgIpc) is 2.27. The van der Waals surface area contributed by atoms with Gasteiger partial charge in [0.15, 0.2) is 0 Å². The van der Waals surface area contributed by atoms with Crippen molar-refractivity contribution in [2.75, 3.05) is 10.6 Å². The lowest BCUT2D eigenvalue weighted by Crippen LogP contribution is -2.21. The van der Waals surface area contributed by atoms with Crippen LogP contribution in [0.3, 0.4) is 0 Å². The number of carbonyl (C=O) groups is 1. The average molecular weight is 312 g/mol. The summed E-state index contributed by atoms with van der Waals surface area (Å²) in [6.45, 7) is 10.8. The number of nitrogens with one attached hydrogen (secondary N) is 1. The van der Waals surface area contributed by atoms with E-state index in [1.807, 2.05) is 0 Å². The number of amides is 1. The van der Waals surface area contributed by atoms with Crippen molar-refractivity contribution in [1.82, 2.24) is 0 Å². The Bertz CT molecular complexity index is 433. The molecule has 0 radical (unpaired) electrons. The molecule has 1 aromatic rings. The normalized spacial score (nSPS) is 11.7. The molecule has 0 saturated heterocycles. The maximum Gasteiger partial charge on any atom is 0.235 e. The van der Waals surface area contributed by atoms with E-state index in [2.05, 4.69) is 74.1 Å². The molecular weight excluding hydrogens is 290 g/mol. The second-order valence-electron chi connectivity index (χ2n) is 5.86. The highest BCUT2D eigenvalue weighted by molar-refractivity contribution is 9.09. The first-order valence-corrected chi connectivity index (χ1v) is 7.38. The predicted molar refractivity (Wildman–Crippen MR) is 81.7 cm³/mol. The van der Waals surface area contributed by atoms with Crippen molar-refractivity contribution in [2.45, 2.75) is 46.0 Å². The molecule has 1 rings (SSSR count). The van der Waals surface area contributed by atoms with Gasteiger partial charge in [-0.2, -0.15) is 0 Å². The molecular formula is C15H22BrNO. The summed E-state index contributed by atoms with van der Waals surface area (Å²) in [7, 11) is 0. The van der Waals surface area contributed by atoms with Crippen LogP contribution in [0.25, 0.3) is 0 Å². The maximum absolute atomic E-state index is 11.7. The second kappa shape index (κ2) is 5.87. The molecule has 0 fully saturated rings. The van der Waals surface area contributed by atoms with Crippen molar-refractivity contribution < 1.29 is 4.79 Å². The summed E-state index contributed by atoms with van der Waals surface area (Å²) in [6.07, 6.45) is 0. The van der Waals surface area contributed by atoms with Crippen molar-refractivity contribution in [3.05, 3.63) is 29.3 Å². The van der Waals surface area contributed by atoms with Gasteiger partial charge >= 0.3 is 0 Å². The molecule has 0 saturated carbocycles. The molecule has 0 aliphatic heterocycles. The van der Waals surface area contributed by atoms with E-state index in [0.717, 1.165) is 5.69 Å². The number of anilines is 1. The number of benzene rings is 1. The smallest absolute Gasteiger partial charge is 0.235 e. The number of rotatable bonds is 3. The zero-order valence-electron chi connectivity index (χ0n) is 11.8. The standard InChI is InChI=1S/C15H22BrNO/c1-10(2)11-7-6-8-12(15(3,4)5)14(11)17-13(18)9-16/h6-8,10H,9H2,1-5H3,(H,17,18). The summed E-state index contributed by atoms with van der Waals surface area (Å²) in [6, 6.07) is 6.25. The van der Waals surface area contributed by atoms with Crippen LogP contribution in [0.1, 0.15) is 51.7 Å². The van der Waals surface area contributed by atoms with E-state index in [9.17, 15) is 4.79 Å². The van der Waals surface area contributed by atoms with Crippen LogP contribution in [0.2, 0.25) is 0 Å². The summed E-state index contributed by atoms with van der Waals surface area (Å²) in [5.74, 6) is 0.381. The fraction of sp³-hybridized carbons (Fsp3) is 0.533. The molecule has 0 spiro atoms. The lowest BCUT2D eigenvalue weighted by atomic mass is 9.83. The van der Waals surface area contributed by atoms with Gasteiger partial charge in [0, 0.05) is 5.69 Å². The molecule has 3 heteroatoms. The Balaban J connectivity index is 3.34. The van der Waals surface area contributed by atoms with Gasteiger partial charge in [-0.15, -0.1) is 0 Å². The molecule has 0 unspecified atom stereocenters. The summed E-state index contributed by atoms with van der Waals surface area (Å²) in [5, 5.41) is 3.35. The van der Waals surface area contributed by atoms with Crippen molar-refractivity contribution in [3.8, 4) is 0 Å². The fourth-order valence-electron chi connectivity index (χ4n) is 1.99. The highest BCUT2D eigenvalue weighted by Gasteiger charge is 2.21. The number of alkyl halides is 1. The van der Waals surface area contributed by atoms with Crippen LogP contribution < -0.4 is 5.32 Å². The van der Waals surface area contributed by atoms with Gasteiger partial charge in [0.2, 0.25) is 5.91 Å². The van der Waals surface area contributed by atoms with E-state index in [1.165, 1.54) is 11.1 Å². The number of para-hydroxylation sites is 1. The summed E-state index contributed by atoms with van der Waals surface area (Å²) < 4.78 is 0. The van der Waals surface area contributed by atoms with Gasteiger partial charge in [-0.25, -0.2) is 0 Å². The minimum Gasteiger partial charge on any atom is -0.325 e. The molecule has 0 aliphatic carbocycles.